The minimum atomic E-state index is -0.416. The van der Waals surface area contributed by atoms with Gasteiger partial charge in [0.15, 0.2) is 0 Å². The number of hydrogen-bond acceptors (Lipinski definition) is 4. The number of aromatic amines is 1. The van der Waals surface area contributed by atoms with E-state index in [9.17, 15) is 9.59 Å². The lowest BCUT2D eigenvalue weighted by atomic mass is 9.76. The zero-order valence-corrected chi connectivity index (χ0v) is 15.4. The Morgan fingerprint density at radius 2 is 2.00 bits per heavy atom. The Morgan fingerprint density at radius 1 is 1.27 bits per heavy atom. The average molecular weight is 354 g/mol. The largest absolute Gasteiger partial charge is 0.366 e. The van der Waals surface area contributed by atoms with Gasteiger partial charge in [-0.2, -0.15) is 0 Å². The second-order valence-corrected chi connectivity index (χ2v) is 7.14. The lowest BCUT2D eigenvalue weighted by Crippen LogP contribution is -2.22. The molecule has 0 spiro atoms. The van der Waals surface area contributed by atoms with E-state index in [-0.39, 0.29) is 0 Å². The van der Waals surface area contributed by atoms with Gasteiger partial charge in [0, 0.05) is 24.5 Å². The number of nitrogens with two attached hydrogens (primary N) is 1. The van der Waals surface area contributed by atoms with Crippen molar-refractivity contribution in [2.24, 2.45) is 11.7 Å². The summed E-state index contributed by atoms with van der Waals surface area (Å²) in [6.07, 6.45) is 7.70. The van der Waals surface area contributed by atoms with Crippen molar-refractivity contribution in [3.05, 3.63) is 52.1 Å². The van der Waals surface area contributed by atoms with Crippen LogP contribution in [-0.2, 0) is 0 Å². The normalized spacial score (nSPS) is 16.2. The minimum absolute atomic E-state index is 0.304. The van der Waals surface area contributed by atoms with Crippen molar-refractivity contribution >= 4 is 17.4 Å². The number of benzene rings is 1. The first kappa shape index (κ1) is 18.2. The number of carbonyl (C=O) groups is 1. The standard InChI is InChI=1S/C20H26N4O2/c1-13(14-6-4-3-5-7-14)16-9-8-15(12-17(16)19(21)25)24(2)18-10-11-22-20(26)23-18/h8-14H,3-7H2,1-2H3,(H2,21,25)(H,22,23,26)/t13-/m1/s1. The van der Waals surface area contributed by atoms with Crippen molar-refractivity contribution in [2.75, 3.05) is 11.9 Å². The smallest absolute Gasteiger partial charge is 0.346 e. The Balaban J connectivity index is 1.93. The molecule has 0 aliphatic heterocycles. The Kier molecular flexibility index (Phi) is 5.40. The minimum Gasteiger partial charge on any atom is -0.366 e. The number of nitrogens with zero attached hydrogens (tertiary/aromatic N) is 2. The van der Waals surface area contributed by atoms with Crippen molar-refractivity contribution in [2.45, 2.75) is 44.9 Å². The maximum atomic E-state index is 12.1. The molecule has 1 saturated carbocycles. The van der Waals surface area contributed by atoms with Crippen LogP contribution < -0.4 is 16.3 Å². The van der Waals surface area contributed by atoms with E-state index in [0.29, 0.717) is 23.2 Å². The number of primary amides is 1. The summed E-state index contributed by atoms with van der Waals surface area (Å²) in [6.45, 7) is 2.20. The van der Waals surface area contributed by atoms with Crippen LogP contribution in [0.4, 0.5) is 11.5 Å². The zero-order chi connectivity index (χ0) is 18.7. The first-order valence-corrected chi connectivity index (χ1v) is 9.20. The van der Waals surface area contributed by atoms with Crippen LogP contribution in [0.2, 0.25) is 0 Å². The SMILES string of the molecule is C[C@@H](c1ccc(N(C)c2ccnc(=O)[nH]2)cc1C(N)=O)C1CCCCC1. The van der Waals surface area contributed by atoms with E-state index >= 15 is 0 Å². The molecule has 1 amide bonds. The molecule has 2 aromatic rings. The summed E-state index contributed by atoms with van der Waals surface area (Å²) in [6, 6.07) is 7.50. The molecule has 0 radical (unpaired) electrons. The summed E-state index contributed by atoms with van der Waals surface area (Å²) in [5.74, 6) is 1.09. The summed E-state index contributed by atoms with van der Waals surface area (Å²) >= 11 is 0. The number of H-pyrrole nitrogens is 1. The van der Waals surface area contributed by atoms with Crippen LogP contribution in [-0.4, -0.2) is 22.9 Å². The van der Waals surface area contributed by atoms with Gasteiger partial charge in [-0.1, -0.05) is 32.3 Å². The van der Waals surface area contributed by atoms with Gasteiger partial charge in [0.1, 0.15) is 5.82 Å². The third-order valence-electron chi connectivity index (χ3n) is 5.56. The summed E-state index contributed by atoms with van der Waals surface area (Å²) in [7, 11) is 1.83. The highest BCUT2D eigenvalue weighted by molar-refractivity contribution is 5.95. The summed E-state index contributed by atoms with van der Waals surface area (Å²) in [4.78, 5) is 31.7. The number of rotatable bonds is 5. The predicted octanol–water partition coefficient (Wildman–Crippen LogP) is 3.32. The molecule has 138 valence electrons. The van der Waals surface area contributed by atoms with E-state index in [4.69, 9.17) is 5.73 Å². The second kappa shape index (κ2) is 7.72. The molecular weight excluding hydrogens is 328 g/mol. The molecule has 1 atom stereocenters. The van der Waals surface area contributed by atoms with Crippen molar-refractivity contribution in [1.29, 1.82) is 0 Å². The maximum Gasteiger partial charge on any atom is 0.346 e. The van der Waals surface area contributed by atoms with Gasteiger partial charge in [-0.05, 0) is 48.4 Å². The van der Waals surface area contributed by atoms with E-state index < -0.39 is 11.6 Å². The van der Waals surface area contributed by atoms with Crippen LogP contribution in [0.1, 0.15) is 60.9 Å². The lowest BCUT2D eigenvalue weighted by molar-refractivity contribution is 0.0998. The number of nitrogens with one attached hydrogen (secondary N) is 1. The van der Waals surface area contributed by atoms with Gasteiger partial charge in [-0.15, -0.1) is 0 Å². The monoisotopic (exact) mass is 354 g/mol. The van der Waals surface area contributed by atoms with Gasteiger partial charge in [-0.25, -0.2) is 9.78 Å². The molecule has 1 fully saturated rings. The topological polar surface area (TPSA) is 92.1 Å². The van der Waals surface area contributed by atoms with Crippen LogP contribution in [0.3, 0.4) is 0 Å². The van der Waals surface area contributed by atoms with Crippen LogP contribution >= 0.6 is 0 Å². The zero-order valence-electron chi connectivity index (χ0n) is 15.4. The Morgan fingerprint density at radius 3 is 2.65 bits per heavy atom. The molecule has 26 heavy (non-hydrogen) atoms. The number of carbonyl (C=O) groups excluding carboxylic acids is 1. The molecule has 6 nitrogen and oxygen atoms in total. The molecule has 6 heteroatoms. The van der Waals surface area contributed by atoms with Crippen LogP contribution in [0.25, 0.3) is 0 Å². The number of amides is 1. The molecule has 1 heterocycles. The highest BCUT2D eigenvalue weighted by atomic mass is 16.1. The highest BCUT2D eigenvalue weighted by Crippen LogP contribution is 2.38. The number of hydrogen-bond donors (Lipinski definition) is 2. The molecule has 3 N–H and O–H groups in total. The molecule has 1 aliphatic rings. The molecule has 0 saturated heterocycles. The fourth-order valence-corrected chi connectivity index (χ4v) is 3.95. The van der Waals surface area contributed by atoms with E-state index in [1.54, 1.807) is 6.07 Å². The second-order valence-electron chi connectivity index (χ2n) is 7.14. The number of anilines is 2. The third-order valence-corrected chi connectivity index (χ3v) is 5.56. The Hall–Kier alpha value is -2.63. The lowest BCUT2D eigenvalue weighted by Gasteiger charge is -2.29. The first-order chi connectivity index (χ1) is 12.5. The first-order valence-electron chi connectivity index (χ1n) is 9.20. The summed E-state index contributed by atoms with van der Waals surface area (Å²) < 4.78 is 0. The Labute approximate surface area is 153 Å². The van der Waals surface area contributed by atoms with Gasteiger partial charge in [0.25, 0.3) is 0 Å². The highest BCUT2D eigenvalue weighted by Gasteiger charge is 2.25. The predicted molar refractivity (Wildman–Crippen MR) is 103 cm³/mol. The molecular formula is C20H26N4O2. The van der Waals surface area contributed by atoms with E-state index in [1.165, 1.54) is 38.3 Å². The fraction of sp³-hybridized carbons (Fsp3) is 0.450. The van der Waals surface area contributed by atoms with Crippen molar-refractivity contribution in [1.82, 2.24) is 9.97 Å². The molecule has 0 bridgehead atoms. The van der Waals surface area contributed by atoms with Crippen LogP contribution in [0, 0.1) is 5.92 Å². The molecule has 3 rings (SSSR count). The van der Waals surface area contributed by atoms with Gasteiger partial charge in [-0.3, -0.25) is 9.78 Å². The van der Waals surface area contributed by atoms with Crippen LogP contribution in [0.15, 0.2) is 35.3 Å². The summed E-state index contributed by atoms with van der Waals surface area (Å²) in [5.41, 5.74) is 7.65. The average Bonchev–Trinajstić information content (AvgIpc) is 2.67. The van der Waals surface area contributed by atoms with Crippen molar-refractivity contribution in [3.8, 4) is 0 Å². The van der Waals surface area contributed by atoms with E-state index in [0.717, 1.165) is 11.3 Å². The van der Waals surface area contributed by atoms with Crippen LogP contribution in [0.5, 0.6) is 0 Å². The maximum absolute atomic E-state index is 12.1. The third kappa shape index (κ3) is 3.79. The fourth-order valence-electron chi connectivity index (χ4n) is 3.95. The van der Waals surface area contributed by atoms with Gasteiger partial charge < -0.3 is 10.6 Å². The molecule has 0 unspecified atom stereocenters. The van der Waals surface area contributed by atoms with Gasteiger partial charge in [0.05, 0.1) is 0 Å². The van der Waals surface area contributed by atoms with Gasteiger partial charge >= 0.3 is 5.69 Å². The molecule has 1 aromatic heterocycles. The Bertz CT molecular complexity index is 840. The van der Waals surface area contributed by atoms with Crippen molar-refractivity contribution in [3.63, 3.8) is 0 Å². The quantitative estimate of drug-likeness (QED) is 0.861. The molecule has 1 aromatic carbocycles. The van der Waals surface area contributed by atoms with Gasteiger partial charge in [0.2, 0.25) is 5.91 Å². The van der Waals surface area contributed by atoms with Crippen molar-refractivity contribution < 1.29 is 4.79 Å². The summed E-state index contributed by atoms with van der Waals surface area (Å²) in [5, 5.41) is 0. The number of aromatic nitrogens is 2. The molecule has 1 aliphatic carbocycles. The van der Waals surface area contributed by atoms with E-state index in [2.05, 4.69) is 16.9 Å². The van der Waals surface area contributed by atoms with E-state index in [1.807, 2.05) is 30.1 Å².